The lowest BCUT2D eigenvalue weighted by Crippen LogP contribution is -2.36. The predicted molar refractivity (Wildman–Crippen MR) is 65.5 cm³/mol. The maximum absolute atomic E-state index is 12.5. The van der Waals surface area contributed by atoms with Crippen molar-refractivity contribution in [1.29, 1.82) is 0 Å². The second-order valence-electron chi connectivity index (χ2n) is 3.77. The summed E-state index contributed by atoms with van der Waals surface area (Å²) in [7, 11) is 0. The van der Waals surface area contributed by atoms with E-state index in [1.165, 1.54) is 11.3 Å². The van der Waals surface area contributed by atoms with Crippen LogP contribution in [0.15, 0.2) is 15.9 Å². The molecule has 0 aliphatic carbocycles. The molecular weight excluding hydrogens is 338 g/mol. The molecule has 0 spiro atoms. The Morgan fingerprint density at radius 2 is 2.11 bits per heavy atom. The van der Waals surface area contributed by atoms with Crippen LogP contribution in [0.3, 0.4) is 0 Å². The largest absolute Gasteiger partial charge is 0.373 e. The number of alkyl halides is 4. The summed E-state index contributed by atoms with van der Waals surface area (Å²) >= 11 is 4.74. The number of hydrogen-bond acceptors (Lipinski definition) is 3. The van der Waals surface area contributed by atoms with Gasteiger partial charge in [0.1, 0.15) is 6.61 Å². The Morgan fingerprint density at radius 1 is 1.44 bits per heavy atom. The number of ether oxygens (including phenoxy) is 1. The fraction of sp³-hybridized carbons (Fsp3) is 0.600. The fourth-order valence-corrected chi connectivity index (χ4v) is 2.73. The summed E-state index contributed by atoms with van der Waals surface area (Å²) in [6.45, 7) is -1.50. The van der Waals surface area contributed by atoms with Crippen molar-refractivity contribution >= 4 is 27.3 Å². The molecule has 0 saturated heterocycles. The van der Waals surface area contributed by atoms with Crippen LogP contribution in [0, 0.1) is 0 Å². The van der Waals surface area contributed by atoms with E-state index < -0.39 is 25.0 Å². The van der Waals surface area contributed by atoms with Gasteiger partial charge >= 0.3 is 12.3 Å². The average molecular weight is 350 g/mol. The van der Waals surface area contributed by atoms with E-state index >= 15 is 0 Å². The van der Waals surface area contributed by atoms with Crippen LogP contribution in [0.1, 0.15) is 4.88 Å². The van der Waals surface area contributed by atoms with Gasteiger partial charge in [-0.15, -0.1) is 11.3 Å². The highest BCUT2D eigenvalue weighted by atomic mass is 79.9. The summed E-state index contributed by atoms with van der Waals surface area (Å²) < 4.78 is 54.1. The quantitative estimate of drug-likeness (QED) is 0.766. The zero-order valence-corrected chi connectivity index (χ0v) is 11.6. The normalized spacial score (nSPS) is 14.2. The van der Waals surface area contributed by atoms with Gasteiger partial charge in [-0.2, -0.15) is 8.78 Å². The zero-order chi connectivity index (χ0) is 13.8. The smallest absolute Gasteiger partial charge is 0.330 e. The molecule has 18 heavy (non-hydrogen) atoms. The third kappa shape index (κ3) is 5.21. The van der Waals surface area contributed by atoms with Crippen LogP contribution < -0.4 is 5.73 Å². The van der Waals surface area contributed by atoms with Crippen molar-refractivity contribution in [1.82, 2.24) is 0 Å². The zero-order valence-electron chi connectivity index (χ0n) is 9.21. The minimum atomic E-state index is -4.12. The molecule has 1 heterocycles. The van der Waals surface area contributed by atoms with Gasteiger partial charge in [-0.1, -0.05) is 0 Å². The molecule has 0 aromatic carbocycles. The van der Waals surface area contributed by atoms with E-state index in [4.69, 9.17) is 5.73 Å². The van der Waals surface area contributed by atoms with Crippen LogP contribution in [0.5, 0.6) is 0 Å². The Hall–Kier alpha value is -0.180. The summed E-state index contributed by atoms with van der Waals surface area (Å²) in [6.07, 6.45) is -3.27. The molecule has 1 atom stereocenters. The van der Waals surface area contributed by atoms with Gasteiger partial charge in [0.15, 0.2) is 0 Å². The first-order valence-electron chi connectivity index (χ1n) is 5.03. The average Bonchev–Trinajstić information content (AvgIpc) is 2.63. The second-order valence-corrected chi connectivity index (χ2v) is 5.68. The summed E-state index contributed by atoms with van der Waals surface area (Å²) in [6, 6.07) is 1.36. The Morgan fingerprint density at radius 3 is 2.61 bits per heavy atom. The van der Waals surface area contributed by atoms with Gasteiger partial charge in [0, 0.05) is 20.8 Å². The third-order valence-electron chi connectivity index (χ3n) is 2.03. The molecule has 104 valence electrons. The van der Waals surface area contributed by atoms with Crippen molar-refractivity contribution < 1.29 is 22.3 Å². The van der Waals surface area contributed by atoms with Crippen LogP contribution >= 0.6 is 27.3 Å². The molecule has 0 aliphatic heterocycles. The standard InChI is InChI=1S/C10H12BrF4NOS/c11-6-1-8(18-4-6)2-7(16)3-17-5-10(14,15)9(12)13/h1,4,7,9H,2-3,5,16H2. The van der Waals surface area contributed by atoms with Crippen LogP contribution in [-0.4, -0.2) is 31.6 Å². The van der Waals surface area contributed by atoms with E-state index in [0.717, 1.165) is 9.35 Å². The van der Waals surface area contributed by atoms with Crippen molar-refractivity contribution in [3.63, 3.8) is 0 Å². The molecule has 0 saturated carbocycles. The number of rotatable bonds is 7. The lowest BCUT2D eigenvalue weighted by molar-refractivity contribution is -0.166. The SMILES string of the molecule is NC(COCC(F)(F)C(F)F)Cc1cc(Br)cs1. The van der Waals surface area contributed by atoms with Crippen molar-refractivity contribution in [2.24, 2.45) is 5.73 Å². The Bertz CT molecular complexity index is 375. The second kappa shape index (κ2) is 6.83. The first-order valence-corrected chi connectivity index (χ1v) is 6.70. The molecule has 0 bridgehead atoms. The first kappa shape index (κ1) is 15.9. The van der Waals surface area contributed by atoms with Crippen molar-refractivity contribution in [3.05, 3.63) is 20.8 Å². The first-order chi connectivity index (χ1) is 8.31. The van der Waals surface area contributed by atoms with Crippen LogP contribution in [0.4, 0.5) is 17.6 Å². The highest BCUT2D eigenvalue weighted by molar-refractivity contribution is 9.10. The molecule has 1 aromatic heterocycles. The minimum Gasteiger partial charge on any atom is -0.373 e. The Kier molecular flexibility index (Phi) is 6.03. The lowest BCUT2D eigenvalue weighted by Gasteiger charge is -2.17. The van der Waals surface area contributed by atoms with Crippen molar-refractivity contribution in [2.75, 3.05) is 13.2 Å². The lowest BCUT2D eigenvalue weighted by atomic mass is 10.2. The summed E-state index contributed by atoms with van der Waals surface area (Å²) in [5.41, 5.74) is 5.65. The molecule has 2 nitrogen and oxygen atoms in total. The number of nitrogens with two attached hydrogens (primary N) is 1. The summed E-state index contributed by atoms with van der Waals surface area (Å²) in [5, 5.41) is 1.87. The van der Waals surface area contributed by atoms with Crippen LogP contribution in [0.25, 0.3) is 0 Å². The molecule has 0 radical (unpaired) electrons. The fourth-order valence-electron chi connectivity index (χ4n) is 1.19. The van der Waals surface area contributed by atoms with Gasteiger partial charge in [-0.05, 0) is 28.4 Å². The van der Waals surface area contributed by atoms with Gasteiger partial charge in [0.05, 0.1) is 6.61 Å². The van der Waals surface area contributed by atoms with E-state index in [2.05, 4.69) is 20.7 Å². The van der Waals surface area contributed by atoms with Crippen LogP contribution in [0.2, 0.25) is 0 Å². The molecule has 8 heteroatoms. The van der Waals surface area contributed by atoms with Gasteiger partial charge in [-0.25, -0.2) is 8.78 Å². The van der Waals surface area contributed by atoms with E-state index in [9.17, 15) is 17.6 Å². The highest BCUT2D eigenvalue weighted by Crippen LogP contribution is 2.23. The topological polar surface area (TPSA) is 35.2 Å². The number of halogens is 5. The third-order valence-corrected chi connectivity index (χ3v) is 3.75. The Balaban J connectivity index is 2.27. The monoisotopic (exact) mass is 349 g/mol. The molecule has 1 aromatic rings. The van der Waals surface area contributed by atoms with Gasteiger partial charge in [0.2, 0.25) is 0 Å². The number of hydrogen-bond donors (Lipinski definition) is 1. The molecule has 0 aliphatic rings. The Labute approximate surface area is 114 Å². The summed E-state index contributed by atoms with van der Waals surface area (Å²) in [4.78, 5) is 0.971. The molecule has 1 unspecified atom stereocenters. The van der Waals surface area contributed by atoms with Crippen molar-refractivity contribution in [2.45, 2.75) is 24.8 Å². The predicted octanol–water partition coefficient (Wildman–Crippen LogP) is 3.30. The maximum atomic E-state index is 12.5. The van der Waals surface area contributed by atoms with E-state index in [0.29, 0.717) is 6.42 Å². The van der Waals surface area contributed by atoms with E-state index in [1.807, 2.05) is 11.4 Å². The molecule has 0 fully saturated rings. The van der Waals surface area contributed by atoms with E-state index in [-0.39, 0.29) is 6.61 Å². The minimum absolute atomic E-state index is 0.183. The highest BCUT2D eigenvalue weighted by Gasteiger charge is 2.41. The van der Waals surface area contributed by atoms with Gasteiger partial charge in [0.25, 0.3) is 0 Å². The molecule has 0 amide bonds. The maximum Gasteiger partial charge on any atom is 0.330 e. The molecular formula is C10H12BrF4NOS. The molecule has 2 N–H and O–H groups in total. The molecule has 1 rings (SSSR count). The summed E-state index contributed by atoms with van der Waals surface area (Å²) in [5.74, 6) is -4.12. The van der Waals surface area contributed by atoms with E-state index in [1.54, 1.807) is 0 Å². The van der Waals surface area contributed by atoms with Crippen LogP contribution in [-0.2, 0) is 11.2 Å². The van der Waals surface area contributed by atoms with Gasteiger partial charge < -0.3 is 10.5 Å². The van der Waals surface area contributed by atoms with Crippen molar-refractivity contribution in [3.8, 4) is 0 Å². The number of thiophene rings is 1. The van der Waals surface area contributed by atoms with Gasteiger partial charge in [-0.3, -0.25) is 0 Å².